The second-order valence-electron chi connectivity index (χ2n) is 8.85. The van der Waals surface area contributed by atoms with Gasteiger partial charge in [-0.1, -0.05) is 27.7 Å². The van der Waals surface area contributed by atoms with E-state index in [1.165, 1.54) is 0 Å². The van der Waals surface area contributed by atoms with Crippen LogP contribution in [0.4, 0.5) is 11.4 Å². The maximum atomic E-state index is 12.6. The molecule has 1 aromatic rings. The molecule has 6 nitrogen and oxygen atoms in total. The van der Waals surface area contributed by atoms with Crippen molar-refractivity contribution in [2.75, 3.05) is 44.6 Å². The summed E-state index contributed by atoms with van der Waals surface area (Å²) in [5, 5.41) is 5.85. The van der Waals surface area contributed by atoms with Crippen molar-refractivity contribution in [2.24, 2.45) is 11.3 Å². The van der Waals surface area contributed by atoms with Crippen LogP contribution >= 0.6 is 0 Å². The fourth-order valence-electron chi connectivity index (χ4n) is 3.35. The summed E-state index contributed by atoms with van der Waals surface area (Å²) in [6, 6.07) is 5.44. The first kappa shape index (κ1) is 24.0. The lowest BCUT2D eigenvalue weighted by Crippen LogP contribution is -2.27. The molecule has 0 aromatic heterocycles. The number of carbonyl (C=O) groups is 2. The van der Waals surface area contributed by atoms with E-state index < -0.39 is 0 Å². The first-order valence-electron chi connectivity index (χ1n) is 9.92. The zero-order chi connectivity index (χ0) is 21.3. The Morgan fingerprint density at radius 2 is 1.89 bits per heavy atom. The minimum Gasteiger partial charge on any atom is -0.385 e. The van der Waals surface area contributed by atoms with Gasteiger partial charge in [0.1, 0.15) is 0 Å². The molecule has 0 radical (unpaired) electrons. The maximum absolute atomic E-state index is 12.6. The molecule has 1 rings (SSSR count). The van der Waals surface area contributed by atoms with Crippen molar-refractivity contribution >= 4 is 23.2 Å². The molecule has 28 heavy (non-hydrogen) atoms. The van der Waals surface area contributed by atoms with Crippen LogP contribution < -0.4 is 15.5 Å². The number of hydrogen-bond acceptors (Lipinski definition) is 4. The summed E-state index contributed by atoms with van der Waals surface area (Å²) in [6.07, 6.45) is 2.20. The van der Waals surface area contributed by atoms with E-state index in [9.17, 15) is 9.59 Å². The first-order valence-corrected chi connectivity index (χ1v) is 9.92. The molecule has 0 saturated carbocycles. The summed E-state index contributed by atoms with van der Waals surface area (Å²) in [4.78, 5) is 26.9. The van der Waals surface area contributed by atoms with Gasteiger partial charge in [0.25, 0.3) is 5.91 Å². The summed E-state index contributed by atoms with van der Waals surface area (Å²) in [5.74, 6) is 0.113. The zero-order valence-electron chi connectivity index (χ0n) is 18.5. The van der Waals surface area contributed by atoms with Crippen LogP contribution in [0.2, 0.25) is 0 Å². The normalized spacial score (nSPS) is 12.4. The van der Waals surface area contributed by atoms with Crippen LogP contribution in [0.3, 0.4) is 0 Å². The average Bonchev–Trinajstić information content (AvgIpc) is 2.56. The molecule has 0 fully saturated rings. The predicted molar refractivity (Wildman–Crippen MR) is 116 cm³/mol. The second kappa shape index (κ2) is 11.1. The van der Waals surface area contributed by atoms with E-state index in [1.807, 2.05) is 31.1 Å². The minimum absolute atomic E-state index is 0.0270. The molecular weight excluding hydrogens is 354 g/mol. The van der Waals surface area contributed by atoms with Gasteiger partial charge in [-0.05, 0) is 42.4 Å². The highest BCUT2D eigenvalue weighted by Gasteiger charge is 2.19. The van der Waals surface area contributed by atoms with Crippen molar-refractivity contribution in [2.45, 2.75) is 47.0 Å². The molecule has 0 bridgehead atoms. The average molecular weight is 392 g/mol. The Labute approximate surface area is 170 Å². The van der Waals surface area contributed by atoms with Crippen molar-refractivity contribution in [1.29, 1.82) is 0 Å². The van der Waals surface area contributed by atoms with Gasteiger partial charge in [-0.3, -0.25) is 9.59 Å². The molecule has 0 aliphatic rings. The lowest BCUT2D eigenvalue weighted by atomic mass is 9.84. The zero-order valence-corrected chi connectivity index (χ0v) is 18.5. The van der Waals surface area contributed by atoms with E-state index in [0.717, 1.165) is 18.5 Å². The van der Waals surface area contributed by atoms with Crippen molar-refractivity contribution in [1.82, 2.24) is 5.32 Å². The molecule has 158 valence electrons. The number of methoxy groups -OCH3 is 1. The number of anilines is 2. The van der Waals surface area contributed by atoms with E-state index in [1.54, 1.807) is 13.2 Å². The molecule has 1 atom stereocenters. The van der Waals surface area contributed by atoms with Crippen LogP contribution in [0.5, 0.6) is 0 Å². The highest BCUT2D eigenvalue weighted by Crippen LogP contribution is 2.27. The fourth-order valence-corrected chi connectivity index (χ4v) is 3.35. The molecule has 1 aromatic carbocycles. The van der Waals surface area contributed by atoms with Crippen molar-refractivity contribution in [3.63, 3.8) is 0 Å². The van der Waals surface area contributed by atoms with E-state index in [2.05, 4.69) is 38.3 Å². The van der Waals surface area contributed by atoms with E-state index in [4.69, 9.17) is 4.74 Å². The van der Waals surface area contributed by atoms with Gasteiger partial charge in [0.15, 0.2) is 0 Å². The third-order valence-corrected chi connectivity index (χ3v) is 4.31. The fraction of sp³-hybridized carbons (Fsp3) is 0.636. The Bertz CT molecular complexity index is 651. The van der Waals surface area contributed by atoms with Gasteiger partial charge in [-0.15, -0.1) is 0 Å². The Balaban J connectivity index is 2.82. The maximum Gasteiger partial charge on any atom is 0.253 e. The van der Waals surface area contributed by atoms with Crippen molar-refractivity contribution in [3.05, 3.63) is 23.8 Å². The second-order valence-corrected chi connectivity index (χ2v) is 8.85. The number of amides is 2. The highest BCUT2D eigenvalue weighted by molar-refractivity contribution is 6.02. The highest BCUT2D eigenvalue weighted by atomic mass is 16.5. The van der Waals surface area contributed by atoms with Crippen LogP contribution in [0, 0.1) is 11.3 Å². The van der Waals surface area contributed by atoms with Crippen LogP contribution in [0.25, 0.3) is 0 Å². The van der Waals surface area contributed by atoms with Gasteiger partial charge in [-0.2, -0.15) is 0 Å². The summed E-state index contributed by atoms with van der Waals surface area (Å²) in [6.45, 7) is 9.78. The number of carbonyl (C=O) groups excluding carboxylic acids is 2. The Morgan fingerprint density at radius 3 is 2.46 bits per heavy atom. The van der Waals surface area contributed by atoms with E-state index in [-0.39, 0.29) is 17.2 Å². The molecule has 0 heterocycles. The number of rotatable bonds is 10. The minimum atomic E-state index is -0.156. The molecular formula is C22H37N3O3. The summed E-state index contributed by atoms with van der Waals surface area (Å²) in [7, 11) is 5.42. The van der Waals surface area contributed by atoms with Gasteiger partial charge in [0, 0.05) is 52.2 Å². The van der Waals surface area contributed by atoms with Gasteiger partial charge < -0.3 is 20.3 Å². The van der Waals surface area contributed by atoms with Crippen molar-refractivity contribution in [3.8, 4) is 0 Å². The Hall–Kier alpha value is -2.08. The van der Waals surface area contributed by atoms with Gasteiger partial charge in [0.05, 0.1) is 5.56 Å². The Kier molecular flexibility index (Phi) is 9.46. The Morgan fingerprint density at radius 1 is 1.21 bits per heavy atom. The quantitative estimate of drug-likeness (QED) is 0.593. The van der Waals surface area contributed by atoms with Crippen LogP contribution in [-0.4, -0.2) is 46.2 Å². The standard InChI is InChI=1S/C22H37N3O3/c1-16(15-22(2,3)4)13-20(26)24-17-9-10-19(25(5)6)18(14-17)21(27)23-11-8-12-28-7/h9-10,14,16H,8,11-13,15H2,1-7H3,(H,23,27)(H,24,26)/t16-/m0/s1. The SMILES string of the molecule is COCCCNC(=O)c1cc(NC(=O)C[C@H](C)CC(C)(C)C)ccc1N(C)C. The molecule has 2 amide bonds. The summed E-state index contributed by atoms with van der Waals surface area (Å²) in [5.41, 5.74) is 2.19. The third kappa shape index (κ3) is 8.74. The van der Waals surface area contributed by atoms with E-state index >= 15 is 0 Å². The molecule has 0 aliphatic carbocycles. The van der Waals surface area contributed by atoms with Gasteiger partial charge in [0.2, 0.25) is 5.91 Å². The van der Waals surface area contributed by atoms with Crippen LogP contribution in [0.15, 0.2) is 18.2 Å². The third-order valence-electron chi connectivity index (χ3n) is 4.31. The summed E-state index contributed by atoms with van der Waals surface area (Å²) < 4.78 is 5.01. The molecule has 0 saturated heterocycles. The lowest BCUT2D eigenvalue weighted by Gasteiger charge is -2.23. The molecule has 0 unspecified atom stereocenters. The lowest BCUT2D eigenvalue weighted by molar-refractivity contribution is -0.117. The molecule has 2 N–H and O–H groups in total. The smallest absolute Gasteiger partial charge is 0.253 e. The van der Waals surface area contributed by atoms with Crippen LogP contribution in [0.1, 0.15) is 57.3 Å². The van der Waals surface area contributed by atoms with Crippen molar-refractivity contribution < 1.29 is 14.3 Å². The van der Waals surface area contributed by atoms with Gasteiger partial charge >= 0.3 is 0 Å². The van der Waals surface area contributed by atoms with Crippen LogP contribution in [-0.2, 0) is 9.53 Å². The molecule has 0 spiro atoms. The monoisotopic (exact) mass is 391 g/mol. The summed E-state index contributed by atoms with van der Waals surface area (Å²) >= 11 is 0. The number of nitrogens with one attached hydrogen (secondary N) is 2. The number of benzene rings is 1. The predicted octanol–water partition coefficient (Wildman–Crippen LogP) is 3.92. The topological polar surface area (TPSA) is 70.7 Å². The van der Waals surface area contributed by atoms with E-state index in [0.29, 0.717) is 36.7 Å². The first-order chi connectivity index (χ1) is 13.0. The van der Waals surface area contributed by atoms with Gasteiger partial charge in [-0.25, -0.2) is 0 Å². The molecule has 6 heteroatoms. The molecule has 0 aliphatic heterocycles. The number of nitrogens with zero attached hydrogens (tertiary/aromatic N) is 1. The number of hydrogen-bond donors (Lipinski definition) is 2. The number of ether oxygens (including phenoxy) is 1. The largest absolute Gasteiger partial charge is 0.385 e.